The lowest BCUT2D eigenvalue weighted by molar-refractivity contribution is -0.138. The van der Waals surface area contributed by atoms with Gasteiger partial charge in [-0.1, -0.05) is 0 Å². The van der Waals surface area contributed by atoms with Gasteiger partial charge < -0.3 is 20.1 Å². The SMILES string of the molecule is COc1ccc2c(c1)cc([C@H](N)C(=O)O)c(=O)n2C. The summed E-state index contributed by atoms with van der Waals surface area (Å²) in [4.78, 5) is 23.0. The Morgan fingerprint density at radius 2 is 2.11 bits per heavy atom. The molecule has 0 saturated carbocycles. The van der Waals surface area contributed by atoms with Crippen molar-refractivity contribution in [2.75, 3.05) is 7.11 Å². The fourth-order valence-corrected chi connectivity index (χ4v) is 1.97. The van der Waals surface area contributed by atoms with Gasteiger partial charge in [0, 0.05) is 18.0 Å². The van der Waals surface area contributed by atoms with E-state index in [9.17, 15) is 9.59 Å². The Labute approximate surface area is 109 Å². The zero-order chi connectivity index (χ0) is 14.2. The van der Waals surface area contributed by atoms with Gasteiger partial charge in [-0.2, -0.15) is 0 Å². The number of pyridine rings is 1. The van der Waals surface area contributed by atoms with E-state index in [-0.39, 0.29) is 5.56 Å². The molecule has 1 atom stereocenters. The molecule has 2 rings (SSSR count). The zero-order valence-electron chi connectivity index (χ0n) is 10.6. The minimum atomic E-state index is -1.34. The molecule has 0 saturated heterocycles. The maximum Gasteiger partial charge on any atom is 0.325 e. The van der Waals surface area contributed by atoms with Gasteiger partial charge in [-0.15, -0.1) is 0 Å². The Hall–Kier alpha value is -2.34. The molecule has 0 fully saturated rings. The molecule has 0 aliphatic carbocycles. The Balaban J connectivity index is 2.77. The minimum Gasteiger partial charge on any atom is -0.497 e. The summed E-state index contributed by atoms with van der Waals surface area (Å²) in [6, 6.07) is 5.37. The molecular weight excluding hydrogens is 248 g/mol. The molecular formula is C13H14N2O4. The number of benzene rings is 1. The summed E-state index contributed by atoms with van der Waals surface area (Å²) < 4.78 is 6.49. The van der Waals surface area contributed by atoms with Crippen molar-refractivity contribution < 1.29 is 14.6 Å². The average Bonchev–Trinajstić information content (AvgIpc) is 2.41. The van der Waals surface area contributed by atoms with Crippen molar-refractivity contribution in [1.29, 1.82) is 0 Å². The van der Waals surface area contributed by atoms with Crippen molar-refractivity contribution in [2.24, 2.45) is 12.8 Å². The van der Waals surface area contributed by atoms with Gasteiger partial charge in [0.15, 0.2) is 0 Å². The molecule has 6 heteroatoms. The summed E-state index contributed by atoms with van der Waals surface area (Å²) in [6.45, 7) is 0. The number of carbonyl (C=O) groups is 1. The Bertz CT molecular complexity index is 706. The quantitative estimate of drug-likeness (QED) is 0.846. The van der Waals surface area contributed by atoms with Crippen LogP contribution in [0.4, 0.5) is 0 Å². The highest BCUT2D eigenvalue weighted by molar-refractivity contribution is 5.83. The van der Waals surface area contributed by atoms with Gasteiger partial charge in [0.1, 0.15) is 11.8 Å². The molecule has 0 unspecified atom stereocenters. The highest BCUT2D eigenvalue weighted by Gasteiger charge is 2.19. The van der Waals surface area contributed by atoms with Gasteiger partial charge >= 0.3 is 5.97 Å². The number of nitrogens with zero attached hydrogens (tertiary/aromatic N) is 1. The number of nitrogens with two attached hydrogens (primary N) is 1. The van der Waals surface area contributed by atoms with Crippen molar-refractivity contribution in [3.05, 3.63) is 40.2 Å². The number of aryl methyl sites for hydroxylation is 1. The smallest absolute Gasteiger partial charge is 0.325 e. The average molecular weight is 262 g/mol. The van der Waals surface area contributed by atoms with Crippen LogP contribution in [0.25, 0.3) is 10.9 Å². The number of methoxy groups -OCH3 is 1. The fraction of sp³-hybridized carbons (Fsp3) is 0.231. The molecule has 1 aromatic heterocycles. The number of fused-ring (bicyclic) bond motifs is 1. The van der Waals surface area contributed by atoms with Crippen LogP contribution >= 0.6 is 0 Å². The van der Waals surface area contributed by atoms with Crippen LogP contribution < -0.4 is 16.0 Å². The number of hydrogen-bond acceptors (Lipinski definition) is 4. The lowest BCUT2D eigenvalue weighted by Crippen LogP contribution is -2.31. The summed E-state index contributed by atoms with van der Waals surface area (Å²) >= 11 is 0. The number of aromatic nitrogens is 1. The maximum atomic E-state index is 12.1. The number of carboxylic acids is 1. The van der Waals surface area contributed by atoms with Gasteiger partial charge in [-0.05, 0) is 24.3 Å². The maximum absolute atomic E-state index is 12.1. The van der Waals surface area contributed by atoms with E-state index in [2.05, 4.69) is 0 Å². The Morgan fingerprint density at radius 1 is 1.42 bits per heavy atom. The van der Waals surface area contributed by atoms with Gasteiger partial charge in [0.05, 0.1) is 12.6 Å². The molecule has 1 heterocycles. The van der Waals surface area contributed by atoms with Gasteiger partial charge in [0.2, 0.25) is 0 Å². The monoisotopic (exact) mass is 262 g/mol. The number of ether oxygens (including phenoxy) is 1. The molecule has 0 radical (unpaired) electrons. The largest absolute Gasteiger partial charge is 0.497 e. The topological polar surface area (TPSA) is 94.6 Å². The lowest BCUT2D eigenvalue weighted by atomic mass is 10.1. The molecule has 0 spiro atoms. The number of aliphatic carboxylic acids is 1. The van der Waals surface area contributed by atoms with Crippen molar-refractivity contribution in [2.45, 2.75) is 6.04 Å². The van der Waals surface area contributed by atoms with E-state index in [0.717, 1.165) is 0 Å². The molecule has 3 N–H and O–H groups in total. The summed E-state index contributed by atoms with van der Waals surface area (Å²) in [5.74, 6) is -0.611. The predicted molar refractivity (Wildman–Crippen MR) is 70.3 cm³/mol. The van der Waals surface area contributed by atoms with Crippen molar-refractivity contribution in [1.82, 2.24) is 4.57 Å². The summed E-state index contributed by atoms with van der Waals surface area (Å²) in [7, 11) is 3.11. The number of hydrogen-bond donors (Lipinski definition) is 2. The van der Waals surface area contributed by atoms with E-state index in [0.29, 0.717) is 16.7 Å². The predicted octanol–water partition coefficient (Wildman–Crippen LogP) is 0.631. The standard InChI is InChI=1S/C13H14N2O4/c1-15-10-4-3-8(19-2)5-7(10)6-9(12(15)16)11(14)13(17)18/h3-6,11H,14H2,1-2H3,(H,17,18)/t11-/m0/s1. The summed E-state index contributed by atoms with van der Waals surface area (Å²) in [5, 5.41) is 9.63. The van der Waals surface area contributed by atoms with Crippen LogP contribution in [-0.4, -0.2) is 22.8 Å². The number of rotatable bonds is 3. The Morgan fingerprint density at radius 3 is 2.68 bits per heavy atom. The van der Waals surface area contributed by atoms with Crippen LogP contribution in [0.5, 0.6) is 5.75 Å². The second-order valence-corrected chi connectivity index (χ2v) is 4.20. The second kappa shape index (κ2) is 4.74. The normalized spacial score (nSPS) is 12.4. The van der Waals surface area contributed by atoms with Crippen LogP contribution in [0, 0.1) is 0 Å². The van der Waals surface area contributed by atoms with E-state index in [1.54, 1.807) is 25.2 Å². The Kier molecular flexibility index (Phi) is 3.26. The third-order valence-electron chi connectivity index (χ3n) is 3.06. The van der Waals surface area contributed by atoms with E-state index in [4.69, 9.17) is 15.6 Å². The zero-order valence-corrected chi connectivity index (χ0v) is 10.6. The van der Waals surface area contributed by atoms with Crippen molar-refractivity contribution in [3.8, 4) is 5.75 Å². The van der Waals surface area contributed by atoms with E-state index in [1.165, 1.54) is 17.7 Å². The first-order valence-corrected chi connectivity index (χ1v) is 5.61. The van der Waals surface area contributed by atoms with Crippen LogP contribution in [0.1, 0.15) is 11.6 Å². The molecule has 0 aliphatic heterocycles. The van der Waals surface area contributed by atoms with Crippen LogP contribution in [0.15, 0.2) is 29.1 Å². The molecule has 0 amide bonds. The fourth-order valence-electron chi connectivity index (χ4n) is 1.97. The third kappa shape index (κ3) is 2.17. The van der Waals surface area contributed by atoms with E-state index in [1.807, 2.05) is 0 Å². The van der Waals surface area contributed by atoms with Crippen LogP contribution in [-0.2, 0) is 11.8 Å². The molecule has 100 valence electrons. The highest BCUT2D eigenvalue weighted by atomic mass is 16.5. The molecule has 0 aliphatic rings. The molecule has 19 heavy (non-hydrogen) atoms. The van der Waals surface area contributed by atoms with Crippen molar-refractivity contribution in [3.63, 3.8) is 0 Å². The van der Waals surface area contributed by atoms with Gasteiger partial charge in [0.25, 0.3) is 5.56 Å². The van der Waals surface area contributed by atoms with Crippen LogP contribution in [0.3, 0.4) is 0 Å². The van der Waals surface area contributed by atoms with E-state index < -0.39 is 17.6 Å². The minimum absolute atomic E-state index is 0.0516. The number of carboxylic acid groups (broad SMARTS) is 1. The van der Waals surface area contributed by atoms with Crippen LogP contribution in [0.2, 0.25) is 0 Å². The van der Waals surface area contributed by atoms with E-state index >= 15 is 0 Å². The first-order chi connectivity index (χ1) is 8.95. The first kappa shape index (κ1) is 13.1. The highest BCUT2D eigenvalue weighted by Crippen LogP contribution is 2.21. The molecule has 6 nitrogen and oxygen atoms in total. The van der Waals surface area contributed by atoms with Crippen molar-refractivity contribution >= 4 is 16.9 Å². The lowest BCUT2D eigenvalue weighted by Gasteiger charge is -2.12. The second-order valence-electron chi connectivity index (χ2n) is 4.20. The molecule has 0 bridgehead atoms. The third-order valence-corrected chi connectivity index (χ3v) is 3.06. The first-order valence-electron chi connectivity index (χ1n) is 5.61. The molecule has 1 aromatic carbocycles. The van der Waals surface area contributed by atoms with Gasteiger partial charge in [-0.25, -0.2) is 0 Å². The summed E-state index contributed by atoms with van der Waals surface area (Å²) in [5.41, 5.74) is 5.85. The summed E-state index contributed by atoms with van der Waals surface area (Å²) in [6.07, 6.45) is 0. The van der Waals surface area contributed by atoms with Gasteiger partial charge in [-0.3, -0.25) is 9.59 Å². The molecule has 2 aromatic rings.